The minimum atomic E-state index is -0.697. The molecule has 0 radical (unpaired) electrons. The lowest BCUT2D eigenvalue weighted by atomic mass is 9.62. The van der Waals surface area contributed by atoms with E-state index in [0.29, 0.717) is 0 Å². The smallest absolute Gasteiger partial charge is 0.144 e. The van der Waals surface area contributed by atoms with E-state index in [9.17, 15) is 0 Å². The molecule has 13 aromatic carbocycles. The summed E-state index contributed by atoms with van der Waals surface area (Å²) in [6.07, 6.45) is 29.5. The second-order valence-corrected chi connectivity index (χ2v) is 36.8. The highest BCUT2D eigenvalue weighted by atomic mass is 16.3. The molecule has 2 heterocycles. The molecule has 0 atom stereocenters. The number of furan rings is 2. The number of para-hydroxylation sites is 2. The van der Waals surface area contributed by atoms with Gasteiger partial charge in [-0.25, -0.2) is 0 Å². The van der Waals surface area contributed by atoms with Gasteiger partial charge in [-0.05, 0) is 231 Å². The highest BCUT2D eigenvalue weighted by Gasteiger charge is 2.59. The molecule has 0 fully saturated rings. The molecule has 3 nitrogen and oxygen atoms in total. The summed E-state index contributed by atoms with van der Waals surface area (Å²) in [6, 6.07) is 101. The monoisotopic (exact) mass is 1530 g/mol. The molecule has 0 bridgehead atoms. The fourth-order valence-electron chi connectivity index (χ4n) is 24.3. The average Bonchev–Trinajstić information content (AvgIpc) is 1.49. The van der Waals surface area contributed by atoms with Crippen molar-refractivity contribution in [3.05, 3.63) is 327 Å². The Morgan fingerprint density at radius 2 is 0.650 bits per heavy atom. The van der Waals surface area contributed by atoms with Crippen LogP contribution in [0.5, 0.6) is 0 Å². The molecule has 0 saturated heterocycles. The molecule has 6 aliphatic carbocycles. The molecular weight excluding hydrogens is 1420 g/mol. The maximum Gasteiger partial charge on any atom is 0.144 e. The summed E-state index contributed by atoms with van der Waals surface area (Å²) < 4.78 is 14.7. The van der Waals surface area contributed by atoms with E-state index in [2.05, 4.69) is 308 Å². The summed E-state index contributed by atoms with van der Waals surface area (Å²) in [5.41, 5.74) is 40.0. The molecule has 0 saturated carbocycles. The summed E-state index contributed by atoms with van der Waals surface area (Å²) >= 11 is 0. The predicted molar refractivity (Wildman–Crippen MR) is 493 cm³/mol. The molecule has 2 aromatic heterocycles. The van der Waals surface area contributed by atoms with Crippen LogP contribution in [0, 0.1) is 0 Å². The molecule has 6 aliphatic rings. The Hall–Kier alpha value is -10.7. The van der Waals surface area contributed by atoms with Crippen LogP contribution >= 0.6 is 0 Å². The first-order valence-corrected chi connectivity index (χ1v) is 45.4. The summed E-state index contributed by atoms with van der Waals surface area (Å²) in [7, 11) is 0. The van der Waals surface area contributed by atoms with Crippen molar-refractivity contribution in [2.24, 2.45) is 0 Å². The van der Waals surface area contributed by atoms with Crippen LogP contribution in [0.15, 0.2) is 264 Å². The van der Waals surface area contributed by atoms with E-state index < -0.39 is 10.8 Å². The van der Waals surface area contributed by atoms with Crippen LogP contribution in [0.4, 0.5) is 17.1 Å². The first-order chi connectivity index (χ1) is 57.5. The molecule has 3 heteroatoms. The first kappa shape index (κ1) is 73.9. The topological polar surface area (TPSA) is 29.5 Å². The van der Waals surface area contributed by atoms with E-state index in [1.54, 1.807) is 16.7 Å². The van der Waals surface area contributed by atoms with E-state index in [-0.39, 0.29) is 16.2 Å². The minimum Gasteiger partial charge on any atom is -0.456 e. The van der Waals surface area contributed by atoms with Crippen molar-refractivity contribution in [1.82, 2.24) is 0 Å². The Labute approximate surface area is 693 Å². The fraction of sp³-hybridized carbons (Fsp3) is 0.316. The Morgan fingerprint density at radius 3 is 1.18 bits per heavy atom. The van der Waals surface area contributed by atoms with Gasteiger partial charge in [0, 0.05) is 55.0 Å². The molecule has 15 aromatic rings. The van der Waals surface area contributed by atoms with E-state index in [1.807, 2.05) is 0 Å². The van der Waals surface area contributed by atoms with Crippen LogP contribution in [-0.4, -0.2) is 0 Å². The van der Waals surface area contributed by atoms with Gasteiger partial charge in [-0.3, -0.25) is 0 Å². The zero-order chi connectivity index (χ0) is 78.9. The van der Waals surface area contributed by atoms with Crippen LogP contribution in [-0.2, 0) is 27.1 Å². The molecule has 2 spiro atoms. The van der Waals surface area contributed by atoms with Crippen LogP contribution in [0.1, 0.15) is 275 Å². The predicted octanol–water partition coefficient (Wildman–Crippen LogP) is 32.9. The first-order valence-electron chi connectivity index (χ1n) is 45.4. The Balaban J connectivity index is 0.833. The Bertz CT molecular complexity index is 6300. The van der Waals surface area contributed by atoms with E-state index >= 15 is 0 Å². The number of fused-ring (bicyclic) bond motifs is 36. The average molecular weight is 1530 g/mol. The van der Waals surface area contributed by atoms with Crippen molar-refractivity contribution in [1.29, 1.82) is 0 Å². The number of unbranched alkanes of at least 4 members (excludes halogenated alkanes) is 16. The normalized spacial score (nSPS) is 15.0. The van der Waals surface area contributed by atoms with Gasteiger partial charge < -0.3 is 13.7 Å². The van der Waals surface area contributed by atoms with Gasteiger partial charge in [-0.2, -0.15) is 0 Å². The van der Waals surface area contributed by atoms with Gasteiger partial charge in [0.05, 0.1) is 10.8 Å². The zero-order valence-electron chi connectivity index (χ0n) is 70.0. The fourth-order valence-corrected chi connectivity index (χ4v) is 24.3. The van der Waals surface area contributed by atoms with Crippen LogP contribution in [0.2, 0.25) is 0 Å². The van der Waals surface area contributed by atoms with Gasteiger partial charge in [0.25, 0.3) is 0 Å². The summed E-state index contributed by atoms with van der Waals surface area (Å²) in [5.74, 6) is 0. The molecule has 21 rings (SSSR count). The quantitative estimate of drug-likeness (QED) is 0.0481. The van der Waals surface area contributed by atoms with Gasteiger partial charge in [-0.15, -0.1) is 0 Å². The summed E-state index contributed by atoms with van der Waals surface area (Å²) in [5, 5.41) is 4.92. The number of anilines is 3. The lowest BCUT2D eigenvalue weighted by Crippen LogP contribution is -2.33. The van der Waals surface area contributed by atoms with Crippen molar-refractivity contribution in [2.45, 2.75) is 230 Å². The van der Waals surface area contributed by atoms with Crippen LogP contribution in [0.25, 0.3) is 111 Å². The van der Waals surface area contributed by atoms with E-state index in [1.165, 1.54) is 273 Å². The van der Waals surface area contributed by atoms with Crippen molar-refractivity contribution in [3.63, 3.8) is 0 Å². The van der Waals surface area contributed by atoms with Gasteiger partial charge in [-0.1, -0.05) is 365 Å². The number of rotatable bonds is 27. The minimum absolute atomic E-state index is 0.0494. The largest absolute Gasteiger partial charge is 0.456 e. The maximum absolute atomic E-state index is 7.76. The molecule has 0 unspecified atom stereocenters. The molecule has 0 N–H and O–H groups in total. The van der Waals surface area contributed by atoms with Crippen molar-refractivity contribution in [2.75, 3.05) is 4.90 Å². The van der Waals surface area contributed by atoms with Gasteiger partial charge in [0.15, 0.2) is 0 Å². The number of hydrogen-bond acceptors (Lipinski definition) is 3. The van der Waals surface area contributed by atoms with Gasteiger partial charge in [0.1, 0.15) is 22.3 Å². The maximum atomic E-state index is 7.76. The second kappa shape index (κ2) is 29.1. The number of hydrogen-bond donors (Lipinski definition) is 0. The number of benzene rings is 13. The number of nitrogens with zero attached hydrogens (tertiary/aromatic N) is 1. The zero-order valence-corrected chi connectivity index (χ0v) is 70.0. The molecule has 584 valence electrons. The van der Waals surface area contributed by atoms with E-state index in [4.69, 9.17) is 8.83 Å². The van der Waals surface area contributed by atoms with Crippen LogP contribution < -0.4 is 4.90 Å². The second-order valence-electron chi connectivity index (χ2n) is 36.8. The van der Waals surface area contributed by atoms with Crippen molar-refractivity contribution < 1.29 is 8.83 Å². The lowest BCUT2D eigenvalue weighted by Gasteiger charge is -2.40. The molecule has 0 aliphatic heterocycles. The third-order valence-electron chi connectivity index (χ3n) is 29.4. The standard InChI is InChI=1S/C114H111NO2/c1-8-12-16-20-38-66-111(67-39-21-17-13-9-2)89-49-31-28-46-83(89)104-105-86-48-30-37-55-100(86)117-109(105)106-84-63-61-76(70-95(84)112(108(106)107(104)111,68-40-22-18-14-10-3)69-41-23-19-15-11-4)115(75-58-56-74(57-59-75)110(5,6)7)77-60-62-82-87-72-98-88(73-97(87)114(96(82)71-77)92-52-34-26-44-80(92)81-45-27-35-53-93(81)114)102-94(64-65-101-103(102)85-47-29-36-54-99(85)116-101)113(98)90-50-32-24-42-78(90)79-43-25-33-51-91(79)113/h24-37,42-65,70-73H,8-23,38-41,66-69H2,1-7H3. The van der Waals surface area contributed by atoms with Crippen LogP contribution in [0.3, 0.4) is 0 Å². The SMILES string of the molecule is CCCCCCCC1(CCCCCCC)c2cc(N(c3ccc(C(C)(C)C)cc3)c3ccc4c(c3)C3(c5ccccc5-c5ccccc53)c3cc5c(cc3-4)C3(c4ccccc4-c4ccccc43)c3ccc4oc6ccccc6c4c3-5)ccc2-c2c1c1c(c3c2oc2ccccc23)-c2ccccc2C1(CCCCCCC)CCCCCCC. The molecular formula is C114H111NO2. The van der Waals surface area contributed by atoms with Gasteiger partial charge >= 0.3 is 0 Å². The summed E-state index contributed by atoms with van der Waals surface area (Å²) in [6.45, 7) is 16.6. The van der Waals surface area contributed by atoms with Gasteiger partial charge in [0.2, 0.25) is 0 Å². The molecule has 0 amide bonds. The van der Waals surface area contributed by atoms with Crippen molar-refractivity contribution >= 4 is 60.9 Å². The highest BCUT2D eigenvalue weighted by molar-refractivity contribution is 6.22. The van der Waals surface area contributed by atoms with E-state index in [0.717, 1.165) is 64.8 Å². The molecule has 117 heavy (non-hydrogen) atoms. The lowest BCUT2D eigenvalue weighted by molar-refractivity contribution is 0.369. The van der Waals surface area contributed by atoms with Crippen molar-refractivity contribution in [3.8, 4) is 66.8 Å². The Kier molecular flexibility index (Phi) is 18.4. The Morgan fingerprint density at radius 1 is 0.265 bits per heavy atom. The third kappa shape index (κ3) is 10.9. The third-order valence-corrected chi connectivity index (χ3v) is 29.4. The highest BCUT2D eigenvalue weighted by Crippen LogP contribution is 2.72. The summed E-state index contributed by atoms with van der Waals surface area (Å²) in [4.78, 5) is 2.69.